The summed E-state index contributed by atoms with van der Waals surface area (Å²) in [6.07, 6.45) is 1.46. The maximum Gasteiger partial charge on any atom is 0.251 e. The number of aromatic amines is 1. The van der Waals surface area contributed by atoms with Crippen LogP contribution in [-0.4, -0.2) is 65.4 Å². The van der Waals surface area contributed by atoms with E-state index >= 15 is 0 Å². The Morgan fingerprint density at radius 2 is 2.05 bits per heavy atom. The molecule has 1 fully saturated rings. The summed E-state index contributed by atoms with van der Waals surface area (Å²) in [4.78, 5) is 18.5. The number of aromatic nitrogens is 3. The molecule has 0 bridgehead atoms. The van der Waals surface area contributed by atoms with Crippen LogP contribution in [0.2, 0.25) is 0 Å². The van der Waals surface area contributed by atoms with E-state index in [0.717, 1.165) is 38.4 Å². The van der Waals surface area contributed by atoms with E-state index in [4.69, 9.17) is 4.74 Å². The van der Waals surface area contributed by atoms with Gasteiger partial charge in [-0.1, -0.05) is 12.1 Å². The van der Waals surface area contributed by atoms with Crippen LogP contribution in [0.25, 0.3) is 11.4 Å². The Morgan fingerprint density at radius 3 is 2.73 bits per heavy atom. The standard InChI is InChI=1S/C15H19N5O2/c21-15(16-5-6-20-7-9-22-10-8-20)13-3-1-12(2-4-13)14-17-11-18-19-14/h1-4,11H,5-10H2,(H,16,21)(H,17,18,19). The summed E-state index contributed by atoms with van der Waals surface area (Å²) >= 11 is 0. The van der Waals surface area contributed by atoms with Gasteiger partial charge in [0.15, 0.2) is 5.82 Å². The number of carbonyl (C=O) groups excluding carboxylic acids is 1. The molecular formula is C15H19N5O2. The number of hydrogen-bond acceptors (Lipinski definition) is 5. The smallest absolute Gasteiger partial charge is 0.251 e. The average Bonchev–Trinajstić information content (AvgIpc) is 3.10. The zero-order valence-corrected chi connectivity index (χ0v) is 12.3. The summed E-state index contributed by atoms with van der Waals surface area (Å²) in [6.45, 7) is 4.91. The zero-order chi connectivity index (χ0) is 15.2. The van der Waals surface area contributed by atoms with Gasteiger partial charge in [0.2, 0.25) is 0 Å². The van der Waals surface area contributed by atoms with Gasteiger partial charge in [0, 0.05) is 37.3 Å². The van der Waals surface area contributed by atoms with Gasteiger partial charge in [-0.25, -0.2) is 4.98 Å². The van der Waals surface area contributed by atoms with Crippen LogP contribution in [0.1, 0.15) is 10.4 Å². The van der Waals surface area contributed by atoms with Crippen molar-refractivity contribution in [3.05, 3.63) is 36.2 Å². The summed E-state index contributed by atoms with van der Waals surface area (Å²) in [5, 5.41) is 9.55. The Hall–Kier alpha value is -2.25. The zero-order valence-electron chi connectivity index (χ0n) is 12.3. The first-order valence-corrected chi connectivity index (χ1v) is 7.37. The van der Waals surface area contributed by atoms with E-state index in [1.807, 2.05) is 12.1 Å². The fourth-order valence-corrected chi connectivity index (χ4v) is 2.38. The topological polar surface area (TPSA) is 83.1 Å². The number of rotatable bonds is 5. The number of carbonyl (C=O) groups is 1. The maximum atomic E-state index is 12.1. The largest absolute Gasteiger partial charge is 0.379 e. The van der Waals surface area contributed by atoms with Gasteiger partial charge in [-0.2, -0.15) is 5.10 Å². The molecule has 3 rings (SSSR count). The molecule has 1 aliphatic heterocycles. The van der Waals surface area contributed by atoms with E-state index in [1.54, 1.807) is 12.1 Å². The van der Waals surface area contributed by atoms with Crippen LogP contribution in [0.5, 0.6) is 0 Å². The minimum atomic E-state index is -0.0580. The molecule has 1 saturated heterocycles. The van der Waals surface area contributed by atoms with Gasteiger partial charge in [-0.15, -0.1) is 0 Å². The van der Waals surface area contributed by atoms with Gasteiger partial charge in [-0.05, 0) is 12.1 Å². The lowest BCUT2D eigenvalue weighted by Gasteiger charge is -2.26. The van der Waals surface area contributed by atoms with Gasteiger partial charge in [-0.3, -0.25) is 14.8 Å². The highest BCUT2D eigenvalue weighted by Crippen LogP contribution is 2.14. The van der Waals surface area contributed by atoms with Crippen LogP contribution in [0, 0.1) is 0 Å². The molecule has 22 heavy (non-hydrogen) atoms. The number of benzene rings is 1. The average molecular weight is 301 g/mol. The molecule has 0 saturated carbocycles. The van der Waals surface area contributed by atoms with E-state index in [9.17, 15) is 4.79 Å². The molecule has 1 aliphatic rings. The molecular weight excluding hydrogens is 282 g/mol. The Labute approximate surface area is 128 Å². The van der Waals surface area contributed by atoms with E-state index < -0.39 is 0 Å². The fraction of sp³-hybridized carbons (Fsp3) is 0.400. The molecule has 0 unspecified atom stereocenters. The number of morpholine rings is 1. The quantitative estimate of drug-likeness (QED) is 0.842. The Morgan fingerprint density at radius 1 is 1.27 bits per heavy atom. The first-order chi connectivity index (χ1) is 10.8. The number of H-pyrrole nitrogens is 1. The Bertz CT molecular complexity index is 591. The van der Waals surface area contributed by atoms with E-state index in [-0.39, 0.29) is 5.91 Å². The molecule has 0 atom stereocenters. The number of nitrogens with zero attached hydrogens (tertiary/aromatic N) is 3. The minimum Gasteiger partial charge on any atom is -0.379 e. The Kier molecular flexibility index (Phi) is 4.77. The van der Waals surface area contributed by atoms with E-state index in [2.05, 4.69) is 25.4 Å². The molecule has 1 aromatic carbocycles. The van der Waals surface area contributed by atoms with Crippen LogP contribution in [-0.2, 0) is 4.74 Å². The van der Waals surface area contributed by atoms with Gasteiger partial charge >= 0.3 is 0 Å². The van der Waals surface area contributed by atoms with Crippen molar-refractivity contribution in [2.24, 2.45) is 0 Å². The van der Waals surface area contributed by atoms with Crippen molar-refractivity contribution < 1.29 is 9.53 Å². The molecule has 116 valence electrons. The fourth-order valence-electron chi connectivity index (χ4n) is 2.38. The second-order valence-electron chi connectivity index (χ2n) is 5.12. The molecule has 1 amide bonds. The normalized spacial score (nSPS) is 15.6. The van der Waals surface area contributed by atoms with Crippen molar-refractivity contribution >= 4 is 5.91 Å². The van der Waals surface area contributed by atoms with Gasteiger partial charge < -0.3 is 10.1 Å². The predicted molar refractivity (Wildman–Crippen MR) is 81.4 cm³/mol. The SMILES string of the molecule is O=C(NCCN1CCOCC1)c1ccc(-c2ncn[nH]2)cc1. The van der Waals surface area contributed by atoms with Gasteiger partial charge in [0.25, 0.3) is 5.91 Å². The number of amides is 1. The molecule has 2 N–H and O–H groups in total. The maximum absolute atomic E-state index is 12.1. The first-order valence-electron chi connectivity index (χ1n) is 7.37. The van der Waals surface area contributed by atoms with Crippen molar-refractivity contribution in [3.8, 4) is 11.4 Å². The van der Waals surface area contributed by atoms with Crippen molar-refractivity contribution in [2.45, 2.75) is 0 Å². The van der Waals surface area contributed by atoms with E-state index in [1.165, 1.54) is 6.33 Å². The molecule has 2 heterocycles. The summed E-state index contributed by atoms with van der Waals surface area (Å²) in [5.74, 6) is 0.636. The lowest BCUT2D eigenvalue weighted by Crippen LogP contribution is -2.41. The van der Waals surface area contributed by atoms with Crippen LogP contribution in [0.4, 0.5) is 0 Å². The highest BCUT2D eigenvalue weighted by Gasteiger charge is 2.11. The minimum absolute atomic E-state index is 0.0580. The third-order valence-electron chi connectivity index (χ3n) is 3.65. The van der Waals surface area contributed by atoms with Crippen molar-refractivity contribution in [1.29, 1.82) is 0 Å². The van der Waals surface area contributed by atoms with E-state index in [0.29, 0.717) is 17.9 Å². The third kappa shape index (κ3) is 3.69. The van der Waals surface area contributed by atoms with Crippen LogP contribution in [0.15, 0.2) is 30.6 Å². The van der Waals surface area contributed by atoms with Crippen LogP contribution >= 0.6 is 0 Å². The second-order valence-corrected chi connectivity index (χ2v) is 5.12. The lowest BCUT2D eigenvalue weighted by atomic mass is 10.1. The Balaban J connectivity index is 1.49. The van der Waals surface area contributed by atoms with Crippen molar-refractivity contribution in [2.75, 3.05) is 39.4 Å². The van der Waals surface area contributed by atoms with Crippen LogP contribution < -0.4 is 5.32 Å². The molecule has 7 nitrogen and oxygen atoms in total. The van der Waals surface area contributed by atoms with Crippen molar-refractivity contribution in [3.63, 3.8) is 0 Å². The summed E-state index contributed by atoms with van der Waals surface area (Å²) in [5.41, 5.74) is 1.55. The van der Waals surface area contributed by atoms with Gasteiger partial charge in [0.1, 0.15) is 6.33 Å². The van der Waals surface area contributed by atoms with Crippen LogP contribution in [0.3, 0.4) is 0 Å². The number of ether oxygens (including phenoxy) is 1. The molecule has 1 aromatic heterocycles. The first kappa shape index (κ1) is 14.7. The highest BCUT2D eigenvalue weighted by molar-refractivity contribution is 5.94. The highest BCUT2D eigenvalue weighted by atomic mass is 16.5. The molecule has 7 heteroatoms. The summed E-state index contributed by atoms with van der Waals surface area (Å²) < 4.78 is 5.30. The van der Waals surface area contributed by atoms with Crippen molar-refractivity contribution in [1.82, 2.24) is 25.4 Å². The molecule has 2 aromatic rings. The second kappa shape index (κ2) is 7.15. The monoisotopic (exact) mass is 301 g/mol. The predicted octanol–water partition coefficient (Wildman–Crippen LogP) is 0.534. The third-order valence-corrected chi connectivity index (χ3v) is 3.65. The number of nitrogens with one attached hydrogen (secondary N) is 2. The molecule has 0 aliphatic carbocycles. The van der Waals surface area contributed by atoms with Gasteiger partial charge in [0.05, 0.1) is 13.2 Å². The molecule has 0 radical (unpaired) electrons. The lowest BCUT2D eigenvalue weighted by molar-refractivity contribution is 0.0383. The molecule has 0 spiro atoms. The summed E-state index contributed by atoms with van der Waals surface area (Å²) in [7, 11) is 0. The summed E-state index contributed by atoms with van der Waals surface area (Å²) in [6, 6.07) is 7.30. The number of hydrogen-bond donors (Lipinski definition) is 2.